The van der Waals surface area contributed by atoms with E-state index in [2.05, 4.69) is 10.3 Å². The maximum absolute atomic E-state index is 12.9. The third-order valence-corrected chi connectivity index (χ3v) is 3.84. The Morgan fingerprint density at radius 1 is 1.24 bits per heavy atom. The van der Waals surface area contributed by atoms with Gasteiger partial charge in [0.2, 0.25) is 5.88 Å². The van der Waals surface area contributed by atoms with Crippen molar-refractivity contribution in [1.82, 2.24) is 9.88 Å². The number of hydrogen-bond donors (Lipinski definition) is 1. The smallest absolute Gasteiger partial charge is 0.421 e. The Morgan fingerprint density at radius 3 is 2.56 bits per heavy atom. The molecule has 1 aromatic carbocycles. The minimum atomic E-state index is -4.54. The van der Waals surface area contributed by atoms with Crippen molar-refractivity contribution >= 4 is 23.3 Å². The SMILES string of the molecule is O=C(Nc1ccc(Cl)cc1)N1CC(Oc2ncccc2C(F)(F)F)C1. The molecule has 5 nitrogen and oxygen atoms in total. The van der Waals surface area contributed by atoms with Crippen molar-refractivity contribution in [3.8, 4) is 5.88 Å². The number of likely N-dealkylation sites (tertiary alicyclic amines) is 1. The van der Waals surface area contributed by atoms with Crippen LogP contribution >= 0.6 is 11.6 Å². The number of aromatic nitrogens is 1. The molecule has 2 aromatic rings. The van der Waals surface area contributed by atoms with Crippen LogP contribution in [0.3, 0.4) is 0 Å². The van der Waals surface area contributed by atoms with E-state index >= 15 is 0 Å². The second kappa shape index (κ2) is 6.79. The van der Waals surface area contributed by atoms with Gasteiger partial charge >= 0.3 is 12.2 Å². The van der Waals surface area contributed by atoms with Gasteiger partial charge in [0, 0.05) is 16.9 Å². The molecular weight excluding hydrogens is 359 g/mol. The Morgan fingerprint density at radius 2 is 1.92 bits per heavy atom. The summed E-state index contributed by atoms with van der Waals surface area (Å²) >= 11 is 5.76. The van der Waals surface area contributed by atoms with E-state index in [0.29, 0.717) is 10.7 Å². The molecule has 2 heterocycles. The van der Waals surface area contributed by atoms with Crippen molar-refractivity contribution in [2.24, 2.45) is 0 Å². The molecule has 25 heavy (non-hydrogen) atoms. The van der Waals surface area contributed by atoms with E-state index in [1.165, 1.54) is 17.2 Å². The zero-order chi connectivity index (χ0) is 18.0. The molecule has 0 unspecified atom stereocenters. The third-order valence-electron chi connectivity index (χ3n) is 3.59. The van der Waals surface area contributed by atoms with Gasteiger partial charge in [-0.2, -0.15) is 13.2 Å². The van der Waals surface area contributed by atoms with Crippen LogP contribution in [0.4, 0.5) is 23.7 Å². The van der Waals surface area contributed by atoms with E-state index in [9.17, 15) is 18.0 Å². The predicted molar refractivity (Wildman–Crippen MR) is 85.7 cm³/mol. The zero-order valence-electron chi connectivity index (χ0n) is 12.8. The number of benzene rings is 1. The fourth-order valence-electron chi connectivity index (χ4n) is 2.27. The number of nitrogens with zero attached hydrogens (tertiary/aromatic N) is 2. The molecule has 3 rings (SSSR count). The lowest BCUT2D eigenvalue weighted by Crippen LogP contribution is -2.57. The standard InChI is InChI=1S/C16H13ClF3N3O2/c17-10-3-5-11(6-4-10)22-15(24)23-8-12(9-23)25-14-13(16(18,19)20)2-1-7-21-14/h1-7,12H,8-9H2,(H,22,24). The van der Waals surface area contributed by atoms with E-state index in [1.54, 1.807) is 24.3 Å². The van der Waals surface area contributed by atoms with Crippen LogP contribution in [0.25, 0.3) is 0 Å². The Hall–Kier alpha value is -2.48. The molecule has 0 radical (unpaired) electrons. The largest absolute Gasteiger partial charge is 0.470 e. The molecule has 0 aliphatic carbocycles. The third kappa shape index (κ3) is 4.14. The molecule has 0 saturated carbocycles. The Kier molecular flexibility index (Phi) is 4.71. The highest BCUT2D eigenvalue weighted by Gasteiger charge is 2.38. The van der Waals surface area contributed by atoms with Crippen molar-refractivity contribution in [2.75, 3.05) is 18.4 Å². The normalized spacial score (nSPS) is 14.8. The lowest BCUT2D eigenvalue weighted by atomic mass is 10.2. The van der Waals surface area contributed by atoms with Crippen LogP contribution in [0.2, 0.25) is 5.02 Å². The monoisotopic (exact) mass is 371 g/mol. The lowest BCUT2D eigenvalue weighted by molar-refractivity contribution is -0.140. The van der Waals surface area contributed by atoms with E-state index < -0.39 is 23.7 Å². The second-order valence-corrected chi connectivity index (χ2v) is 5.87. The Bertz CT molecular complexity index is 762. The van der Waals surface area contributed by atoms with Gasteiger partial charge in [-0.1, -0.05) is 11.6 Å². The number of alkyl halides is 3. The van der Waals surface area contributed by atoms with Crippen LogP contribution in [-0.4, -0.2) is 35.1 Å². The van der Waals surface area contributed by atoms with Gasteiger partial charge in [-0.05, 0) is 36.4 Å². The average Bonchev–Trinajstić information content (AvgIpc) is 2.52. The lowest BCUT2D eigenvalue weighted by Gasteiger charge is -2.38. The Labute approximate surface area is 146 Å². The zero-order valence-corrected chi connectivity index (χ0v) is 13.5. The van der Waals surface area contributed by atoms with Gasteiger partial charge in [-0.25, -0.2) is 9.78 Å². The first-order chi connectivity index (χ1) is 11.8. The summed E-state index contributed by atoms with van der Waals surface area (Å²) in [5, 5.41) is 3.22. The van der Waals surface area contributed by atoms with Crippen LogP contribution in [0.5, 0.6) is 5.88 Å². The molecule has 1 fully saturated rings. The van der Waals surface area contributed by atoms with Crippen molar-refractivity contribution in [3.63, 3.8) is 0 Å². The van der Waals surface area contributed by atoms with Crippen molar-refractivity contribution in [3.05, 3.63) is 53.2 Å². The number of ether oxygens (including phenoxy) is 1. The van der Waals surface area contributed by atoms with Crippen molar-refractivity contribution in [1.29, 1.82) is 0 Å². The molecule has 2 amide bonds. The van der Waals surface area contributed by atoms with E-state index in [4.69, 9.17) is 16.3 Å². The summed E-state index contributed by atoms with van der Waals surface area (Å²) < 4.78 is 44.0. The molecule has 1 aliphatic rings. The van der Waals surface area contributed by atoms with Crippen LogP contribution in [0.15, 0.2) is 42.6 Å². The summed E-state index contributed by atoms with van der Waals surface area (Å²) in [4.78, 5) is 17.1. The summed E-state index contributed by atoms with van der Waals surface area (Å²) in [6.07, 6.45) is -3.85. The number of amides is 2. The van der Waals surface area contributed by atoms with Crippen molar-refractivity contribution < 1.29 is 22.7 Å². The molecule has 132 valence electrons. The number of rotatable bonds is 3. The van der Waals surface area contributed by atoms with Crippen LogP contribution in [-0.2, 0) is 6.18 Å². The average molecular weight is 372 g/mol. The van der Waals surface area contributed by atoms with E-state index in [1.807, 2.05) is 0 Å². The number of carbonyl (C=O) groups excluding carboxylic acids is 1. The molecule has 1 saturated heterocycles. The van der Waals surface area contributed by atoms with Gasteiger partial charge in [0.05, 0.1) is 13.1 Å². The molecule has 1 aromatic heterocycles. The van der Waals surface area contributed by atoms with Crippen LogP contribution < -0.4 is 10.1 Å². The topological polar surface area (TPSA) is 54.5 Å². The first-order valence-corrected chi connectivity index (χ1v) is 7.71. The second-order valence-electron chi connectivity index (χ2n) is 5.44. The molecule has 0 atom stereocenters. The van der Waals surface area contributed by atoms with Gasteiger partial charge in [-0.15, -0.1) is 0 Å². The summed E-state index contributed by atoms with van der Waals surface area (Å²) in [6, 6.07) is 8.32. The summed E-state index contributed by atoms with van der Waals surface area (Å²) in [5.74, 6) is -0.474. The molecular formula is C16H13ClF3N3O2. The van der Waals surface area contributed by atoms with Crippen molar-refractivity contribution in [2.45, 2.75) is 12.3 Å². The minimum absolute atomic E-state index is 0.174. The number of urea groups is 1. The molecule has 0 spiro atoms. The number of anilines is 1. The summed E-state index contributed by atoms with van der Waals surface area (Å²) in [6.45, 7) is 0.348. The van der Waals surface area contributed by atoms with Gasteiger partial charge < -0.3 is 15.0 Å². The molecule has 1 N–H and O–H groups in total. The molecule has 9 heteroatoms. The number of pyridine rings is 1. The number of hydrogen-bond acceptors (Lipinski definition) is 3. The maximum Gasteiger partial charge on any atom is 0.421 e. The molecule has 0 bridgehead atoms. The number of halogens is 4. The summed E-state index contributed by atoms with van der Waals surface area (Å²) in [7, 11) is 0. The van der Waals surface area contributed by atoms with Crippen LogP contribution in [0, 0.1) is 0 Å². The summed E-state index contributed by atoms with van der Waals surface area (Å²) in [5.41, 5.74) is -0.359. The quantitative estimate of drug-likeness (QED) is 0.885. The fraction of sp³-hybridized carbons (Fsp3) is 0.250. The van der Waals surface area contributed by atoms with Gasteiger partial charge in [-0.3, -0.25) is 0 Å². The molecule has 1 aliphatic heterocycles. The maximum atomic E-state index is 12.9. The van der Waals surface area contributed by atoms with Gasteiger partial charge in [0.1, 0.15) is 11.7 Å². The first-order valence-electron chi connectivity index (χ1n) is 7.33. The predicted octanol–water partition coefficient (Wildman–Crippen LogP) is 4.05. The highest BCUT2D eigenvalue weighted by atomic mass is 35.5. The van der Waals surface area contributed by atoms with E-state index in [0.717, 1.165) is 6.07 Å². The van der Waals surface area contributed by atoms with Gasteiger partial charge in [0.25, 0.3) is 0 Å². The highest BCUT2D eigenvalue weighted by Crippen LogP contribution is 2.35. The number of carbonyl (C=O) groups is 1. The first kappa shape index (κ1) is 17.3. The Balaban J connectivity index is 1.55. The van der Waals surface area contributed by atoms with Gasteiger partial charge in [0.15, 0.2) is 0 Å². The highest BCUT2D eigenvalue weighted by molar-refractivity contribution is 6.30. The fourth-order valence-corrected chi connectivity index (χ4v) is 2.40. The van der Waals surface area contributed by atoms with E-state index in [-0.39, 0.29) is 19.1 Å². The number of nitrogens with one attached hydrogen (secondary N) is 1. The van der Waals surface area contributed by atoms with Crippen LogP contribution in [0.1, 0.15) is 5.56 Å². The minimum Gasteiger partial charge on any atom is -0.470 e.